The molecule has 12 heteroatoms. The maximum absolute atomic E-state index is 14.1. The van der Waals surface area contributed by atoms with E-state index in [0.717, 1.165) is 23.5 Å². The molecule has 5 aromatic rings. The molecule has 0 N–H and O–H groups in total. The van der Waals surface area contributed by atoms with Crippen LogP contribution in [-0.4, -0.2) is 23.9 Å². The highest BCUT2D eigenvalue weighted by Gasteiger charge is 2.36. The van der Waals surface area contributed by atoms with Crippen molar-refractivity contribution >= 4 is 29.1 Å². The summed E-state index contributed by atoms with van der Waals surface area (Å²) in [6.07, 6.45) is -3.00. The van der Waals surface area contributed by atoms with Gasteiger partial charge in [-0.05, 0) is 48.9 Å². The number of carbonyl (C=O) groups is 1. The third-order valence-electron chi connectivity index (χ3n) is 7.46. The molecule has 0 saturated heterocycles. The zero-order valence-electron chi connectivity index (χ0n) is 24.0. The molecule has 7 rings (SSSR count). The first-order valence-electron chi connectivity index (χ1n) is 14.2. The van der Waals surface area contributed by atoms with Crippen LogP contribution in [0.15, 0.2) is 105 Å². The van der Waals surface area contributed by atoms with Crippen molar-refractivity contribution in [1.82, 2.24) is 4.57 Å². The molecule has 3 aromatic carbocycles. The first-order chi connectivity index (χ1) is 22.2. The van der Waals surface area contributed by atoms with Crippen molar-refractivity contribution < 1.29 is 36.6 Å². The predicted octanol–water partition coefficient (Wildman–Crippen LogP) is 5.94. The van der Waals surface area contributed by atoms with E-state index in [1.807, 2.05) is 30.3 Å². The number of fused-ring (bicyclic) bond motifs is 2. The van der Waals surface area contributed by atoms with E-state index in [1.54, 1.807) is 37.3 Å². The lowest BCUT2D eigenvalue weighted by molar-refractivity contribution is -0.139. The number of esters is 1. The molecule has 46 heavy (non-hydrogen) atoms. The molecule has 0 spiro atoms. The molecule has 4 heterocycles. The van der Waals surface area contributed by atoms with Crippen LogP contribution in [0.4, 0.5) is 13.2 Å². The van der Waals surface area contributed by atoms with Gasteiger partial charge in [0.05, 0.1) is 34.0 Å². The Hall–Kier alpha value is -5.36. The van der Waals surface area contributed by atoms with E-state index < -0.39 is 29.3 Å². The van der Waals surface area contributed by atoms with Gasteiger partial charge in [0.2, 0.25) is 6.79 Å². The van der Waals surface area contributed by atoms with Gasteiger partial charge < -0.3 is 18.6 Å². The van der Waals surface area contributed by atoms with Gasteiger partial charge in [-0.15, -0.1) is 0 Å². The van der Waals surface area contributed by atoms with Crippen molar-refractivity contribution in [2.75, 3.05) is 13.4 Å². The monoisotopic (exact) mass is 644 g/mol. The first kappa shape index (κ1) is 29.4. The van der Waals surface area contributed by atoms with Crippen LogP contribution >= 0.6 is 11.3 Å². The van der Waals surface area contributed by atoms with Gasteiger partial charge in [-0.3, -0.25) is 9.36 Å². The number of aromatic nitrogens is 1. The third-order valence-corrected chi connectivity index (χ3v) is 8.44. The van der Waals surface area contributed by atoms with Gasteiger partial charge in [0, 0.05) is 17.2 Å². The highest BCUT2D eigenvalue weighted by atomic mass is 32.1. The molecule has 8 nitrogen and oxygen atoms in total. The molecule has 2 aliphatic heterocycles. The molecule has 0 aliphatic carbocycles. The number of hydrogen-bond acceptors (Lipinski definition) is 8. The summed E-state index contributed by atoms with van der Waals surface area (Å²) in [7, 11) is 0. The lowest BCUT2D eigenvalue weighted by atomic mass is 9.93. The minimum absolute atomic E-state index is 0.0447. The fraction of sp³-hybridized carbons (Fsp3) is 0.147. The Balaban J connectivity index is 1.40. The van der Waals surface area contributed by atoms with Crippen molar-refractivity contribution in [3.8, 4) is 22.8 Å². The second-order valence-electron chi connectivity index (χ2n) is 10.3. The summed E-state index contributed by atoms with van der Waals surface area (Å²) < 4.78 is 64.0. The van der Waals surface area contributed by atoms with E-state index in [-0.39, 0.29) is 40.6 Å². The Labute approximate surface area is 262 Å². The van der Waals surface area contributed by atoms with Gasteiger partial charge in [0.25, 0.3) is 5.56 Å². The average molecular weight is 645 g/mol. The predicted molar refractivity (Wildman–Crippen MR) is 163 cm³/mol. The number of carbonyl (C=O) groups excluding carboxylic acids is 1. The number of ether oxygens (including phenoxy) is 3. The zero-order chi connectivity index (χ0) is 32.0. The molecular formula is C34H23F3N2O6S. The highest BCUT2D eigenvalue weighted by molar-refractivity contribution is 7.07. The smallest absolute Gasteiger partial charge is 0.416 e. The van der Waals surface area contributed by atoms with Crippen LogP contribution in [0.5, 0.6) is 11.5 Å². The SMILES string of the molecule is CCOC(=O)C1=C(c2ccccc2)N=c2s/c(=C/c3ccc(-c4cccc(C(F)(F)F)c4)o3)c(=O)n2[C@H]1c1ccc2c(c1)OCO2. The number of hydrogen-bond donors (Lipinski definition) is 0. The number of furan rings is 1. The molecule has 232 valence electrons. The van der Waals surface area contributed by atoms with Crippen LogP contribution in [-0.2, 0) is 15.7 Å². The first-order valence-corrected chi connectivity index (χ1v) is 15.0. The van der Waals surface area contributed by atoms with Crippen LogP contribution in [0.25, 0.3) is 23.1 Å². The van der Waals surface area contributed by atoms with E-state index in [0.29, 0.717) is 33.1 Å². The fourth-order valence-corrected chi connectivity index (χ4v) is 6.38. The molecule has 0 fully saturated rings. The van der Waals surface area contributed by atoms with Gasteiger partial charge in [-0.1, -0.05) is 59.9 Å². The maximum Gasteiger partial charge on any atom is 0.416 e. The lowest BCUT2D eigenvalue weighted by Gasteiger charge is -2.26. The molecule has 2 aliphatic rings. The summed E-state index contributed by atoms with van der Waals surface area (Å²) in [6, 6.07) is 21.3. The van der Waals surface area contributed by atoms with Crippen molar-refractivity contribution in [3.63, 3.8) is 0 Å². The van der Waals surface area contributed by atoms with Crippen LogP contribution in [0, 0.1) is 0 Å². The number of nitrogens with zero attached hydrogens (tertiary/aromatic N) is 2. The summed E-state index contributed by atoms with van der Waals surface area (Å²) in [5.74, 6) is 0.845. The molecular weight excluding hydrogens is 621 g/mol. The molecule has 0 amide bonds. The van der Waals surface area contributed by atoms with Gasteiger partial charge >= 0.3 is 12.1 Å². The van der Waals surface area contributed by atoms with Crippen LogP contribution in [0.3, 0.4) is 0 Å². The van der Waals surface area contributed by atoms with Crippen molar-refractivity contribution in [2.45, 2.75) is 19.1 Å². The average Bonchev–Trinajstić information content (AvgIpc) is 3.80. The summed E-state index contributed by atoms with van der Waals surface area (Å²) in [6.45, 7) is 1.85. The Bertz CT molecular complexity index is 2200. The summed E-state index contributed by atoms with van der Waals surface area (Å²) >= 11 is 1.09. The van der Waals surface area contributed by atoms with E-state index in [4.69, 9.17) is 23.6 Å². The number of alkyl halides is 3. The Morgan fingerprint density at radius 2 is 1.78 bits per heavy atom. The van der Waals surface area contributed by atoms with E-state index in [1.165, 1.54) is 22.8 Å². The molecule has 1 atom stereocenters. The molecule has 0 saturated carbocycles. The van der Waals surface area contributed by atoms with Crippen molar-refractivity contribution in [3.05, 3.63) is 133 Å². The number of rotatable bonds is 6. The van der Waals surface area contributed by atoms with Crippen LogP contribution in [0.2, 0.25) is 0 Å². The normalized spacial score (nSPS) is 15.9. The summed E-state index contributed by atoms with van der Waals surface area (Å²) in [5.41, 5.74) is 0.767. The van der Waals surface area contributed by atoms with E-state index >= 15 is 0 Å². The summed E-state index contributed by atoms with van der Waals surface area (Å²) in [5, 5.41) is 0. The fourth-order valence-electron chi connectivity index (χ4n) is 5.40. The second kappa shape index (κ2) is 11.5. The molecule has 0 bridgehead atoms. The van der Waals surface area contributed by atoms with Gasteiger partial charge in [-0.25, -0.2) is 9.79 Å². The zero-order valence-corrected chi connectivity index (χ0v) is 24.9. The van der Waals surface area contributed by atoms with E-state index in [9.17, 15) is 22.8 Å². The van der Waals surface area contributed by atoms with Crippen LogP contribution < -0.4 is 24.4 Å². The number of benzene rings is 3. The van der Waals surface area contributed by atoms with Gasteiger partial charge in [-0.2, -0.15) is 13.2 Å². The molecule has 0 unspecified atom stereocenters. The quantitative estimate of drug-likeness (QED) is 0.213. The van der Waals surface area contributed by atoms with Crippen molar-refractivity contribution in [2.24, 2.45) is 4.99 Å². The number of thiazole rings is 1. The topological polar surface area (TPSA) is 92.3 Å². The Kier molecular flexibility index (Phi) is 7.36. The lowest BCUT2D eigenvalue weighted by Crippen LogP contribution is -2.40. The largest absolute Gasteiger partial charge is 0.463 e. The van der Waals surface area contributed by atoms with Crippen molar-refractivity contribution in [1.29, 1.82) is 0 Å². The summed E-state index contributed by atoms with van der Waals surface area (Å²) in [4.78, 5) is 32.9. The Morgan fingerprint density at radius 3 is 2.57 bits per heavy atom. The Morgan fingerprint density at radius 1 is 1.00 bits per heavy atom. The van der Waals surface area contributed by atoms with Gasteiger partial charge in [0.15, 0.2) is 16.3 Å². The maximum atomic E-state index is 14.1. The molecule has 0 radical (unpaired) electrons. The standard InChI is InChI=1S/C34H23F3N2O6S/c1-2-42-32(41)28-29(19-7-4-3-5-8-19)38-33-39(30(28)21-11-13-25-26(16-21)44-18-43-25)31(40)27(46-33)17-23-12-14-24(45-23)20-9-6-10-22(15-20)34(35,36)37/h3-17,30H,2,18H2,1H3/b27-17+/t30-/m0/s1. The molecule has 2 aromatic heterocycles. The van der Waals surface area contributed by atoms with Crippen LogP contribution in [0.1, 0.15) is 35.4 Å². The highest BCUT2D eigenvalue weighted by Crippen LogP contribution is 2.40. The third kappa shape index (κ3) is 5.30. The second-order valence-corrected chi connectivity index (χ2v) is 11.3. The minimum Gasteiger partial charge on any atom is -0.463 e. The van der Waals surface area contributed by atoms with E-state index in [2.05, 4.69) is 0 Å². The van der Waals surface area contributed by atoms with Gasteiger partial charge in [0.1, 0.15) is 11.5 Å². The minimum atomic E-state index is -4.50. The number of halogens is 3.